The van der Waals surface area contributed by atoms with Gasteiger partial charge in [0.1, 0.15) is 5.82 Å². The average Bonchev–Trinajstić information content (AvgIpc) is 3.34. The topological polar surface area (TPSA) is 84.2 Å². The van der Waals surface area contributed by atoms with Crippen LogP contribution in [0.2, 0.25) is 0 Å². The van der Waals surface area contributed by atoms with Crippen LogP contribution >= 0.6 is 11.3 Å². The zero-order valence-electron chi connectivity index (χ0n) is 17.9. The van der Waals surface area contributed by atoms with Crippen molar-refractivity contribution >= 4 is 33.1 Å². The number of ether oxygens (including phenoxy) is 1. The monoisotopic (exact) mass is 429 g/mol. The van der Waals surface area contributed by atoms with Crippen LogP contribution < -0.4 is 10.6 Å². The Labute approximate surface area is 181 Å². The van der Waals surface area contributed by atoms with Crippen molar-refractivity contribution in [1.82, 2.24) is 14.8 Å². The molecule has 1 atom stereocenters. The molecule has 3 aromatic rings. The highest BCUT2D eigenvalue weighted by atomic mass is 32.1. The third-order valence-corrected chi connectivity index (χ3v) is 6.16. The summed E-state index contributed by atoms with van der Waals surface area (Å²) in [5, 5.41) is 20.7. The number of nitrogens with zero attached hydrogens (tertiary/aromatic N) is 3. The molecule has 0 radical (unpaired) electrons. The Morgan fingerprint density at radius 2 is 2.17 bits per heavy atom. The van der Waals surface area contributed by atoms with Gasteiger partial charge in [-0.05, 0) is 58.6 Å². The van der Waals surface area contributed by atoms with Gasteiger partial charge in [-0.25, -0.2) is 9.67 Å². The van der Waals surface area contributed by atoms with Crippen LogP contribution in [0.25, 0.3) is 20.8 Å². The van der Waals surface area contributed by atoms with Gasteiger partial charge in [0.2, 0.25) is 0 Å². The molecule has 4 heterocycles. The number of aliphatic hydroxyl groups excluding tert-OH is 1. The summed E-state index contributed by atoms with van der Waals surface area (Å²) in [6.45, 7) is 8.05. The zero-order valence-corrected chi connectivity index (χ0v) is 18.8. The fourth-order valence-electron chi connectivity index (χ4n) is 3.69. The number of aromatic nitrogens is 3. The van der Waals surface area contributed by atoms with Crippen LogP contribution in [0.5, 0.6) is 0 Å². The summed E-state index contributed by atoms with van der Waals surface area (Å²) < 4.78 is 9.09. The maximum Gasteiger partial charge on any atom is 0.150 e. The number of fused-ring (bicyclic) bond motifs is 1. The van der Waals surface area contributed by atoms with Crippen molar-refractivity contribution in [1.29, 1.82) is 0 Å². The Morgan fingerprint density at radius 1 is 1.30 bits per heavy atom. The second-order valence-corrected chi connectivity index (χ2v) is 9.79. The lowest BCUT2D eigenvalue weighted by Crippen LogP contribution is -2.26. The van der Waals surface area contributed by atoms with Gasteiger partial charge in [-0.15, -0.1) is 11.3 Å². The molecule has 0 saturated carbocycles. The maximum atomic E-state index is 9.16. The van der Waals surface area contributed by atoms with Crippen LogP contribution in [-0.2, 0) is 4.74 Å². The van der Waals surface area contributed by atoms with Crippen LogP contribution in [0.3, 0.4) is 0 Å². The van der Waals surface area contributed by atoms with Gasteiger partial charge in [0.25, 0.3) is 0 Å². The van der Waals surface area contributed by atoms with Gasteiger partial charge < -0.3 is 20.5 Å². The van der Waals surface area contributed by atoms with E-state index in [1.165, 1.54) is 6.42 Å². The number of anilines is 2. The first kappa shape index (κ1) is 21.1. The number of thiophene rings is 1. The molecule has 0 amide bonds. The summed E-state index contributed by atoms with van der Waals surface area (Å²) in [6, 6.07) is 6.25. The first-order chi connectivity index (χ1) is 14.4. The molecule has 1 saturated heterocycles. The molecule has 0 aromatic carbocycles. The summed E-state index contributed by atoms with van der Waals surface area (Å²) in [7, 11) is 0. The average molecular weight is 430 g/mol. The molecule has 4 rings (SSSR count). The lowest BCUT2D eigenvalue weighted by atomic mass is 10.1. The minimum atomic E-state index is -0.0845. The van der Waals surface area contributed by atoms with Crippen molar-refractivity contribution in [2.24, 2.45) is 0 Å². The van der Waals surface area contributed by atoms with Crippen molar-refractivity contribution < 1.29 is 9.84 Å². The fourth-order valence-corrected chi connectivity index (χ4v) is 4.79. The van der Waals surface area contributed by atoms with Crippen molar-refractivity contribution in [3.63, 3.8) is 0 Å². The van der Waals surface area contributed by atoms with E-state index >= 15 is 0 Å². The van der Waals surface area contributed by atoms with E-state index in [2.05, 4.69) is 54.7 Å². The minimum absolute atomic E-state index is 0.00203. The molecule has 8 heteroatoms. The molecule has 1 fully saturated rings. The molecule has 7 nitrogen and oxygen atoms in total. The van der Waals surface area contributed by atoms with E-state index in [1.807, 2.05) is 10.9 Å². The van der Waals surface area contributed by atoms with Crippen LogP contribution in [0.4, 0.5) is 11.5 Å². The highest BCUT2D eigenvalue weighted by Gasteiger charge is 2.22. The minimum Gasteiger partial charge on any atom is -0.396 e. The van der Waals surface area contributed by atoms with E-state index in [0.29, 0.717) is 13.0 Å². The molecule has 162 valence electrons. The first-order valence-electron chi connectivity index (χ1n) is 10.7. The fraction of sp³-hybridized carbons (Fsp3) is 0.545. The number of pyridine rings is 1. The lowest BCUT2D eigenvalue weighted by molar-refractivity contribution is -0.0383. The summed E-state index contributed by atoms with van der Waals surface area (Å²) >= 11 is 1.71. The van der Waals surface area contributed by atoms with Gasteiger partial charge in [-0.1, -0.05) is 0 Å². The number of hydrogen-bond acceptors (Lipinski definition) is 7. The highest BCUT2D eigenvalue weighted by molar-refractivity contribution is 7.22. The Bertz CT molecular complexity index is 985. The molecule has 0 bridgehead atoms. The molecule has 3 aromatic heterocycles. The number of rotatable bonds is 7. The van der Waals surface area contributed by atoms with Crippen LogP contribution in [-0.4, -0.2) is 45.2 Å². The van der Waals surface area contributed by atoms with Crippen LogP contribution in [0.1, 0.15) is 52.7 Å². The van der Waals surface area contributed by atoms with E-state index in [1.54, 1.807) is 11.3 Å². The predicted molar refractivity (Wildman–Crippen MR) is 123 cm³/mol. The summed E-state index contributed by atoms with van der Waals surface area (Å²) in [5.41, 5.74) is 2.97. The molecule has 1 aliphatic rings. The van der Waals surface area contributed by atoms with Gasteiger partial charge in [-0.2, -0.15) is 5.10 Å². The molecular formula is C22H31N5O2S. The normalized spacial score (nSPS) is 17.4. The quantitative estimate of drug-likeness (QED) is 0.465. The molecule has 0 spiro atoms. The Hall–Kier alpha value is -2.16. The highest BCUT2D eigenvalue weighted by Crippen LogP contribution is 2.39. The smallest absolute Gasteiger partial charge is 0.150 e. The SMILES string of the molecule is CC(C)(C)Nc1cc(NCCCO)c2sc(-c3ccnn3C3CCCCO3)cc2n1. The van der Waals surface area contributed by atoms with E-state index in [4.69, 9.17) is 14.8 Å². The van der Waals surface area contributed by atoms with E-state index in [0.717, 1.165) is 51.7 Å². The van der Waals surface area contributed by atoms with Crippen LogP contribution in [0.15, 0.2) is 24.4 Å². The van der Waals surface area contributed by atoms with E-state index in [-0.39, 0.29) is 18.4 Å². The number of aliphatic hydroxyl groups is 1. The lowest BCUT2D eigenvalue weighted by Gasteiger charge is -2.24. The zero-order chi connectivity index (χ0) is 21.1. The number of nitrogens with one attached hydrogen (secondary N) is 2. The Morgan fingerprint density at radius 3 is 2.90 bits per heavy atom. The largest absolute Gasteiger partial charge is 0.396 e. The van der Waals surface area contributed by atoms with Gasteiger partial charge in [0.15, 0.2) is 6.23 Å². The van der Waals surface area contributed by atoms with E-state index < -0.39 is 0 Å². The molecule has 1 unspecified atom stereocenters. The first-order valence-corrected chi connectivity index (χ1v) is 11.5. The Kier molecular flexibility index (Phi) is 6.26. The maximum absolute atomic E-state index is 9.16. The van der Waals surface area contributed by atoms with Gasteiger partial charge >= 0.3 is 0 Å². The third kappa shape index (κ3) is 4.77. The number of hydrogen-bond donors (Lipinski definition) is 3. The third-order valence-electron chi connectivity index (χ3n) is 4.98. The molecular weight excluding hydrogens is 398 g/mol. The van der Waals surface area contributed by atoms with Crippen molar-refractivity contribution in [2.45, 2.75) is 58.2 Å². The van der Waals surface area contributed by atoms with Crippen LogP contribution in [0, 0.1) is 0 Å². The Balaban J connectivity index is 1.72. The summed E-state index contributed by atoms with van der Waals surface area (Å²) in [5.74, 6) is 0.843. The van der Waals surface area contributed by atoms with Crippen molar-refractivity contribution in [3.8, 4) is 10.6 Å². The predicted octanol–water partition coefficient (Wildman–Crippen LogP) is 4.86. The standard InChI is InChI=1S/C22H31N5O2S/c1-22(2,3)26-19-14-15(23-9-6-11-28)21-16(25-19)13-18(30-21)17-8-10-24-27(17)20-7-4-5-12-29-20/h8,10,13-14,20,28H,4-7,9,11-12H2,1-3H3,(H2,23,25,26). The summed E-state index contributed by atoms with van der Waals surface area (Å²) in [6.07, 6.45) is 5.83. The van der Waals surface area contributed by atoms with Crippen molar-refractivity contribution in [2.75, 3.05) is 30.4 Å². The molecule has 0 aliphatic carbocycles. The van der Waals surface area contributed by atoms with E-state index in [9.17, 15) is 0 Å². The molecule has 3 N–H and O–H groups in total. The van der Waals surface area contributed by atoms with Gasteiger partial charge in [0, 0.05) is 37.6 Å². The second-order valence-electron chi connectivity index (χ2n) is 8.74. The molecule has 1 aliphatic heterocycles. The summed E-state index contributed by atoms with van der Waals surface area (Å²) in [4.78, 5) is 6.00. The van der Waals surface area contributed by atoms with Crippen molar-refractivity contribution in [3.05, 3.63) is 24.4 Å². The van der Waals surface area contributed by atoms with Gasteiger partial charge in [-0.3, -0.25) is 0 Å². The van der Waals surface area contributed by atoms with Gasteiger partial charge in [0.05, 0.1) is 26.5 Å². The second kappa shape index (κ2) is 8.91. The molecule has 30 heavy (non-hydrogen) atoms.